The fourth-order valence-corrected chi connectivity index (χ4v) is 1.88. The maximum Gasteiger partial charge on any atom is 0.0120 e. The molecule has 0 aliphatic carbocycles. The van der Waals surface area contributed by atoms with Crippen LogP contribution in [-0.4, -0.2) is 17.0 Å². The summed E-state index contributed by atoms with van der Waals surface area (Å²) in [6.07, 6.45) is 2.76. The maximum absolute atomic E-state index is 3.46. The molecule has 1 saturated heterocycles. The Balaban J connectivity index is 2.23. The zero-order valence-electron chi connectivity index (χ0n) is 5.23. The van der Waals surface area contributed by atoms with Crippen molar-refractivity contribution in [2.45, 2.75) is 19.8 Å². The Morgan fingerprint density at radius 1 is 1.62 bits per heavy atom. The third kappa shape index (κ3) is 1.75. The molecule has 0 saturated carbocycles. The maximum atomic E-state index is 3.46. The first-order valence-corrected chi connectivity index (χ1v) is 3.90. The van der Waals surface area contributed by atoms with Crippen LogP contribution in [0, 0.1) is 5.92 Å². The van der Waals surface area contributed by atoms with E-state index < -0.39 is 0 Å². The predicted octanol–water partition coefficient (Wildman–Crippen LogP) is 2.03. The van der Waals surface area contributed by atoms with Crippen LogP contribution in [0.25, 0.3) is 0 Å². The SMILES string of the molecule is CC1CCCN(Br)C1. The van der Waals surface area contributed by atoms with E-state index in [2.05, 4.69) is 27.0 Å². The minimum absolute atomic E-state index is 0.892. The standard InChI is InChI=1S/C6H12BrN/c1-6-3-2-4-8(7)5-6/h6H,2-5H2,1H3. The van der Waals surface area contributed by atoms with Gasteiger partial charge in [0.15, 0.2) is 0 Å². The van der Waals surface area contributed by atoms with Crippen molar-refractivity contribution < 1.29 is 0 Å². The Morgan fingerprint density at radius 3 is 2.75 bits per heavy atom. The Morgan fingerprint density at radius 2 is 2.38 bits per heavy atom. The van der Waals surface area contributed by atoms with Gasteiger partial charge in [0.05, 0.1) is 0 Å². The third-order valence-corrected chi connectivity index (χ3v) is 2.25. The molecular formula is C6H12BrN. The van der Waals surface area contributed by atoms with Crippen LogP contribution < -0.4 is 0 Å². The average molecular weight is 178 g/mol. The Hall–Kier alpha value is 0.440. The highest BCUT2D eigenvalue weighted by Crippen LogP contribution is 2.17. The Bertz CT molecular complexity index is 66.9. The number of nitrogens with zero attached hydrogens (tertiary/aromatic N) is 1. The summed E-state index contributed by atoms with van der Waals surface area (Å²) in [4.78, 5) is 0. The fraction of sp³-hybridized carbons (Fsp3) is 1.00. The highest BCUT2D eigenvalue weighted by atomic mass is 79.9. The van der Waals surface area contributed by atoms with Crippen molar-refractivity contribution in [3.05, 3.63) is 0 Å². The van der Waals surface area contributed by atoms with Gasteiger partial charge in [-0.05, 0) is 18.8 Å². The molecule has 0 bridgehead atoms. The summed E-state index contributed by atoms with van der Waals surface area (Å²) in [5.41, 5.74) is 0. The molecule has 1 aliphatic heterocycles. The van der Waals surface area contributed by atoms with Gasteiger partial charge < -0.3 is 0 Å². The fourth-order valence-electron chi connectivity index (χ4n) is 1.13. The zero-order chi connectivity index (χ0) is 5.98. The van der Waals surface area contributed by atoms with Crippen LogP contribution in [0.15, 0.2) is 0 Å². The number of halogens is 1. The first-order valence-electron chi connectivity index (χ1n) is 3.20. The summed E-state index contributed by atoms with van der Waals surface area (Å²) in [5, 5.41) is 0. The number of hydrogen-bond donors (Lipinski definition) is 0. The van der Waals surface area contributed by atoms with E-state index in [1.807, 2.05) is 0 Å². The van der Waals surface area contributed by atoms with Gasteiger partial charge in [0.25, 0.3) is 0 Å². The van der Waals surface area contributed by atoms with Crippen molar-refractivity contribution in [3.63, 3.8) is 0 Å². The van der Waals surface area contributed by atoms with Crippen LogP contribution in [0.4, 0.5) is 0 Å². The molecule has 1 unspecified atom stereocenters. The van der Waals surface area contributed by atoms with Gasteiger partial charge in [0.2, 0.25) is 0 Å². The zero-order valence-corrected chi connectivity index (χ0v) is 6.82. The first kappa shape index (κ1) is 6.56. The molecule has 0 radical (unpaired) electrons. The molecule has 8 heavy (non-hydrogen) atoms. The number of hydrogen-bond acceptors (Lipinski definition) is 1. The molecule has 1 heterocycles. The summed E-state index contributed by atoms with van der Waals surface area (Å²) < 4.78 is 2.22. The summed E-state index contributed by atoms with van der Waals surface area (Å²) in [6.45, 7) is 4.75. The highest BCUT2D eigenvalue weighted by Gasteiger charge is 2.12. The van der Waals surface area contributed by atoms with E-state index in [9.17, 15) is 0 Å². The van der Waals surface area contributed by atoms with Gasteiger partial charge in [-0.25, -0.2) is 3.93 Å². The van der Waals surface area contributed by atoms with Crippen LogP contribution >= 0.6 is 16.1 Å². The van der Waals surface area contributed by atoms with E-state index >= 15 is 0 Å². The Labute approximate surface area is 59.4 Å². The molecule has 1 atom stereocenters. The van der Waals surface area contributed by atoms with E-state index in [1.54, 1.807) is 0 Å². The second-order valence-corrected chi connectivity index (χ2v) is 3.62. The van der Waals surface area contributed by atoms with Gasteiger partial charge in [0.1, 0.15) is 0 Å². The van der Waals surface area contributed by atoms with Crippen LogP contribution in [-0.2, 0) is 0 Å². The molecule has 1 nitrogen and oxygen atoms in total. The topological polar surface area (TPSA) is 3.24 Å². The summed E-state index contributed by atoms with van der Waals surface area (Å²) in [5.74, 6) is 0.892. The lowest BCUT2D eigenvalue weighted by Gasteiger charge is -2.24. The summed E-state index contributed by atoms with van der Waals surface area (Å²) in [6, 6.07) is 0. The molecule has 0 aromatic carbocycles. The lowest BCUT2D eigenvalue weighted by Crippen LogP contribution is -2.25. The van der Waals surface area contributed by atoms with Gasteiger partial charge in [-0.1, -0.05) is 6.92 Å². The minimum Gasteiger partial charge on any atom is -0.242 e. The number of rotatable bonds is 0. The van der Waals surface area contributed by atoms with E-state index in [4.69, 9.17) is 0 Å². The lowest BCUT2D eigenvalue weighted by molar-refractivity contribution is 0.311. The van der Waals surface area contributed by atoms with Gasteiger partial charge >= 0.3 is 0 Å². The molecule has 1 aliphatic rings. The molecule has 0 aromatic heterocycles. The van der Waals surface area contributed by atoms with Crippen molar-refractivity contribution in [3.8, 4) is 0 Å². The summed E-state index contributed by atoms with van der Waals surface area (Å²) in [7, 11) is 0. The molecule has 1 fully saturated rings. The predicted molar refractivity (Wildman–Crippen MR) is 38.9 cm³/mol. The minimum atomic E-state index is 0.892. The van der Waals surface area contributed by atoms with Gasteiger partial charge in [-0.15, -0.1) is 0 Å². The largest absolute Gasteiger partial charge is 0.242 e. The van der Waals surface area contributed by atoms with Crippen molar-refractivity contribution in [1.82, 2.24) is 3.93 Å². The van der Waals surface area contributed by atoms with Crippen molar-refractivity contribution in [2.75, 3.05) is 13.1 Å². The number of piperidine rings is 1. The van der Waals surface area contributed by atoms with Gasteiger partial charge in [0, 0.05) is 29.2 Å². The quantitative estimate of drug-likeness (QED) is 0.513. The van der Waals surface area contributed by atoms with Crippen LogP contribution in [0.3, 0.4) is 0 Å². The Kier molecular flexibility index (Phi) is 2.32. The molecule has 0 spiro atoms. The average Bonchev–Trinajstić information content (AvgIpc) is 1.64. The molecule has 2 heteroatoms. The van der Waals surface area contributed by atoms with E-state index in [0.717, 1.165) is 5.92 Å². The second-order valence-electron chi connectivity index (χ2n) is 2.62. The highest BCUT2D eigenvalue weighted by molar-refractivity contribution is 9.07. The normalized spacial score (nSPS) is 33.0. The van der Waals surface area contributed by atoms with Crippen molar-refractivity contribution in [2.24, 2.45) is 5.92 Å². The molecular weight excluding hydrogens is 166 g/mol. The van der Waals surface area contributed by atoms with Crippen LogP contribution in [0.2, 0.25) is 0 Å². The second kappa shape index (κ2) is 2.83. The van der Waals surface area contributed by atoms with Gasteiger partial charge in [-0.3, -0.25) is 0 Å². The van der Waals surface area contributed by atoms with E-state index in [1.165, 1.54) is 25.9 Å². The molecule has 1 rings (SSSR count). The lowest BCUT2D eigenvalue weighted by atomic mass is 10.0. The molecule has 0 aromatic rings. The monoisotopic (exact) mass is 177 g/mol. The smallest absolute Gasteiger partial charge is 0.0120 e. The van der Waals surface area contributed by atoms with E-state index in [-0.39, 0.29) is 0 Å². The third-order valence-electron chi connectivity index (χ3n) is 1.61. The van der Waals surface area contributed by atoms with E-state index in [0.29, 0.717) is 0 Å². The molecule has 0 N–H and O–H groups in total. The first-order chi connectivity index (χ1) is 3.79. The van der Waals surface area contributed by atoms with Gasteiger partial charge in [-0.2, -0.15) is 0 Å². The molecule has 0 amide bonds. The van der Waals surface area contributed by atoms with Crippen molar-refractivity contribution in [1.29, 1.82) is 0 Å². The van der Waals surface area contributed by atoms with Crippen LogP contribution in [0.1, 0.15) is 19.8 Å². The molecule has 48 valence electrons. The van der Waals surface area contributed by atoms with Crippen LogP contribution in [0.5, 0.6) is 0 Å². The van der Waals surface area contributed by atoms with Crippen molar-refractivity contribution >= 4 is 16.1 Å². The summed E-state index contributed by atoms with van der Waals surface area (Å²) >= 11 is 3.46.